The van der Waals surface area contributed by atoms with Crippen molar-refractivity contribution in [2.45, 2.75) is 25.7 Å². The number of aromatic amines is 1. The maximum atomic E-state index is 12.4. The monoisotopic (exact) mass is 328 g/mol. The smallest absolute Gasteiger partial charge is 0.271 e. The van der Waals surface area contributed by atoms with Gasteiger partial charge in [-0.05, 0) is 31.6 Å². The number of likely N-dealkylation sites (tertiary alicyclic amines) is 1. The number of hydrogen-bond acceptors (Lipinski definition) is 5. The molecule has 24 heavy (non-hydrogen) atoms. The summed E-state index contributed by atoms with van der Waals surface area (Å²) in [6, 6.07) is 0. The lowest BCUT2D eigenvalue weighted by Crippen LogP contribution is -2.32. The highest BCUT2D eigenvalue weighted by Crippen LogP contribution is 2.22. The van der Waals surface area contributed by atoms with E-state index in [-0.39, 0.29) is 5.91 Å². The second-order valence-electron chi connectivity index (χ2n) is 6.52. The molecule has 1 fully saturated rings. The van der Waals surface area contributed by atoms with Crippen LogP contribution < -0.4 is 4.90 Å². The normalized spacial score (nSPS) is 18.2. The summed E-state index contributed by atoms with van der Waals surface area (Å²) in [6.45, 7) is 1.59. The summed E-state index contributed by atoms with van der Waals surface area (Å²) < 4.78 is 0. The predicted octanol–water partition coefficient (Wildman–Crippen LogP) is 1.75. The fourth-order valence-corrected chi connectivity index (χ4v) is 3.10. The molecule has 3 rings (SSSR count). The van der Waals surface area contributed by atoms with Crippen molar-refractivity contribution in [3.8, 4) is 0 Å². The van der Waals surface area contributed by atoms with Crippen molar-refractivity contribution in [2.75, 3.05) is 32.1 Å². The minimum Gasteiger partial charge on any atom is -0.361 e. The van der Waals surface area contributed by atoms with Gasteiger partial charge in [0.1, 0.15) is 11.5 Å². The maximum absolute atomic E-state index is 12.4. The van der Waals surface area contributed by atoms with Crippen LogP contribution in [0.3, 0.4) is 0 Å². The van der Waals surface area contributed by atoms with Gasteiger partial charge in [-0.15, -0.1) is 0 Å². The largest absolute Gasteiger partial charge is 0.361 e. The highest BCUT2D eigenvalue weighted by Gasteiger charge is 2.22. The van der Waals surface area contributed by atoms with Crippen molar-refractivity contribution in [1.82, 2.24) is 24.8 Å². The number of hydrogen-bond donors (Lipinski definition) is 1. The molecule has 1 aliphatic heterocycles. The Hall–Kier alpha value is -2.44. The predicted molar refractivity (Wildman–Crippen MR) is 91.9 cm³/mol. The highest BCUT2D eigenvalue weighted by atomic mass is 16.2. The van der Waals surface area contributed by atoms with E-state index in [0.717, 1.165) is 50.3 Å². The molecule has 1 N–H and O–H groups in total. The number of H-pyrrole nitrogens is 1. The lowest BCUT2D eigenvalue weighted by molar-refractivity contribution is 0.0754. The van der Waals surface area contributed by atoms with Gasteiger partial charge in [-0.25, -0.2) is 9.97 Å². The Labute approximate surface area is 142 Å². The number of anilines is 1. The van der Waals surface area contributed by atoms with Crippen molar-refractivity contribution >= 4 is 11.7 Å². The molecule has 7 nitrogen and oxygen atoms in total. The molecular weight excluding hydrogens is 304 g/mol. The van der Waals surface area contributed by atoms with E-state index in [1.807, 2.05) is 36.3 Å². The lowest BCUT2D eigenvalue weighted by atomic mass is 9.95. The second-order valence-corrected chi connectivity index (χ2v) is 6.52. The summed E-state index contributed by atoms with van der Waals surface area (Å²) in [7, 11) is 3.92. The number of nitrogens with zero attached hydrogens (tertiary/aromatic N) is 5. The first kappa shape index (κ1) is 16.4. The Bertz CT molecular complexity index is 652. The van der Waals surface area contributed by atoms with Gasteiger partial charge < -0.3 is 14.8 Å². The van der Waals surface area contributed by atoms with Gasteiger partial charge in [-0.1, -0.05) is 0 Å². The van der Waals surface area contributed by atoms with Crippen LogP contribution in [0.15, 0.2) is 24.9 Å². The zero-order valence-electron chi connectivity index (χ0n) is 14.3. The second kappa shape index (κ2) is 7.42. The summed E-state index contributed by atoms with van der Waals surface area (Å²) in [4.78, 5) is 32.1. The van der Waals surface area contributed by atoms with Gasteiger partial charge in [-0.3, -0.25) is 9.78 Å². The first-order chi connectivity index (χ1) is 11.6. The minimum absolute atomic E-state index is 0.0447. The van der Waals surface area contributed by atoms with Gasteiger partial charge in [0.05, 0.1) is 30.6 Å². The van der Waals surface area contributed by atoms with Crippen LogP contribution in [0.25, 0.3) is 0 Å². The van der Waals surface area contributed by atoms with Gasteiger partial charge in [0.2, 0.25) is 0 Å². The van der Waals surface area contributed by atoms with Crippen molar-refractivity contribution < 1.29 is 4.79 Å². The average molecular weight is 328 g/mol. The zero-order chi connectivity index (χ0) is 16.9. The molecule has 0 spiro atoms. The first-order valence-electron chi connectivity index (χ1n) is 8.39. The molecule has 7 heteroatoms. The quantitative estimate of drug-likeness (QED) is 0.925. The molecule has 2 aromatic rings. The third-order valence-corrected chi connectivity index (χ3v) is 4.51. The molecule has 128 valence electrons. The van der Waals surface area contributed by atoms with Crippen LogP contribution in [-0.2, 0) is 6.42 Å². The standard InChI is InChI=1S/C17H24N6O/c1-22(2)16-11-19-14(9-20-16)8-13-4-3-6-23(7-5-13)17(24)15-10-18-12-21-15/h9-13H,3-8H2,1-2H3,(H,18,21). The van der Waals surface area contributed by atoms with Crippen LogP contribution in [0.1, 0.15) is 35.4 Å². The SMILES string of the molecule is CN(C)c1cnc(CC2CCCN(C(=O)c3cnc[nH]3)CC2)cn1. The first-order valence-corrected chi connectivity index (χ1v) is 8.39. The lowest BCUT2D eigenvalue weighted by Gasteiger charge is -2.19. The van der Waals surface area contributed by atoms with E-state index in [1.165, 1.54) is 0 Å². The molecule has 1 saturated heterocycles. The Balaban J connectivity index is 1.56. The van der Waals surface area contributed by atoms with Crippen LogP contribution in [0.2, 0.25) is 0 Å². The number of aromatic nitrogens is 4. The Morgan fingerprint density at radius 1 is 1.25 bits per heavy atom. The van der Waals surface area contributed by atoms with E-state index < -0.39 is 0 Å². The molecule has 0 bridgehead atoms. The molecule has 1 aliphatic rings. The Morgan fingerprint density at radius 2 is 2.12 bits per heavy atom. The van der Waals surface area contributed by atoms with Crippen molar-refractivity contribution in [2.24, 2.45) is 5.92 Å². The van der Waals surface area contributed by atoms with Crippen LogP contribution in [0.5, 0.6) is 0 Å². The van der Waals surface area contributed by atoms with E-state index in [0.29, 0.717) is 11.6 Å². The van der Waals surface area contributed by atoms with Crippen LogP contribution >= 0.6 is 0 Å². The molecule has 0 saturated carbocycles. The van der Waals surface area contributed by atoms with Crippen LogP contribution in [0.4, 0.5) is 5.82 Å². The van der Waals surface area contributed by atoms with Gasteiger partial charge in [0.15, 0.2) is 0 Å². The van der Waals surface area contributed by atoms with Crippen LogP contribution in [-0.4, -0.2) is 57.9 Å². The summed E-state index contributed by atoms with van der Waals surface area (Å²) in [5.74, 6) is 1.46. The third kappa shape index (κ3) is 3.90. The molecule has 2 aromatic heterocycles. The van der Waals surface area contributed by atoms with Crippen molar-refractivity contribution in [3.05, 3.63) is 36.3 Å². The number of carbonyl (C=O) groups excluding carboxylic acids is 1. The van der Waals surface area contributed by atoms with Gasteiger partial charge in [0.25, 0.3) is 5.91 Å². The molecule has 1 amide bonds. The molecule has 3 heterocycles. The van der Waals surface area contributed by atoms with Crippen LogP contribution in [0, 0.1) is 5.92 Å². The van der Waals surface area contributed by atoms with E-state index in [1.54, 1.807) is 12.5 Å². The molecular formula is C17H24N6O. The van der Waals surface area contributed by atoms with E-state index in [2.05, 4.69) is 19.9 Å². The Kier molecular flexibility index (Phi) is 5.08. The summed E-state index contributed by atoms with van der Waals surface area (Å²) in [6.07, 6.45) is 10.9. The van der Waals surface area contributed by atoms with Crippen molar-refractivity contribution in [1.29, 1.82) is 0 Å². The molecule has 1 unspecified atom stereocenters. The van der Waals surface area contributed by atoms with E-state index in [9.17, 15) is 4.79 Å². The zero-order valence-corrected chi connectivity index (χ0v) is 14.3. The minimum atomic E-state index is 0.0447. The van der Waals surface area contributed by atoms with Gasteiger partial charge >= 0.3 is 0 Å². The van der Waals surface area contributed by atoms with Gasteiger partial charge in [-0.2, -0.15) is 0 Å². The van der Waals surface area contributed by atoms with Gasteiger partial charge in [0, 0.05) is 27.2 Å². The summed E-state index contributed by atoms with van der Waals surface area (Å²) in [5, 5.41) is 0. The topological polar surface area (TPSA) is 78.0 Å². The molecule has 1 atom stereocenters. The average Bonchev–Trinajstić information content (AvgIpc) is 3.02. The number of nitrogens with one attached hydrogen (secondary N) is 1. The molecule has 0 radical (unpaired) electrons. The van der Waals surface area contributed by atoms with E-state index >= 15 is 0 Å². The number of carbonyl (C=O) groups is 1. The highest BCUT2D eigenvalue weighted by molar-refractivity contribution is 5.92. The number of rotatable bonds is 4. The van der Waals surface area contributed by atoms with E-state index in [4.69, 9.17) is 0 Å². The molecule has 0 aromatic carbocycles. The summed E-state index contributed by atoms with van der Waals surface area (Å²) >= 11 is 0. The third-order valence-electron chi connectivity index (χ3n) is 4.51. The number of amides is 1. The molecule has 0 aliphatic carbocycles. The summed E-state index contributed by atoms with van der Waals surface area (Å²) in [5.41, 5.74) is 1.59. The fourth-order valence-electron chi connectivity index (χ4n) is 3.10. The fraction of sp³-hybridized carbons (Fsp3) is 0.529. The Morgan fingerprint density at radius 3 is 2.79 bits per heavy atom. The van der Waals surface area contributed by atoms with Crippen molar-refractivity contribution in [3.63, 3.8) is 0 Å². The number of imidazole rings is 1. The maximum Gasteiger partial charge on any atom is 0.271 e.